The van der Waals surface area contributed by atoms with Gasteiger partial charge in [0, 0.05) is 30.3 Å². The Labute approximate surface area is 196 Å². The van der Waals surface area contributed by atoms with Crippen LogP contribution in [0.5, 0.6) is 0 Å². The number of halogens is 1. The summed E-state index contributed by atoms with van der Waals surface area (Å²) in [5, 5.41) is 2.91. The van der Waals surface area contributed by atoms with Gasteiger partial charge in [-0.15, -0.1) is 11.3 Å². The number of benzene rings is 1. The fourth-order valence-corrected chi connectivity index (χ4v) is 5.62. The van der Waals surface area contributed by atoms with Gasteiger partial charge in [0.25, 0.3) is 11.8 Å². The predicted octanol–water partition coefficient (Wildman–Crippen LogP) is 4.16. The molecule has 0 unspecified atom stereocenters. The topological polar surface area (TPSA) is 91.4 Å². The standard InChI is InChI=1S/C23H27ClN4O3S/c24-18-9-5-4-8-17(18)20(29)26-27-21(30)19-14-32-22(25-19)15-10-12-28(13-11-15)23(31)16-6-2-1-3-7-16/h4-5,8-9,14-16H,1-3,6-7,10-13H2,(H,26,29)(H,27,30). The van der Waals surface area contributed by atoms with E-state index in [9.17, 15) is 14.4 Å². The quantitative estimate of drug-likeness (QED) is 0.651. The molecular weight excluding hydrogens is 448 g/mol. The lowest BCUT2D eigenvalue weighted by molar-refractivity contribution is -0.137. The van der Waals surface area contributed by atoms with E-state index in [0.29, 0.717) is 10.9 Å². The molecule has 1 aromatic carbocycles. The van der Waals surface area contributed by atoms with Gasteiger partial charge in [-0.2, -0.15) is 0 Å². The summed E-state index contributed by atoms with van der Waals surface area (Å²) in [5.41, 5.74) is 5.32. The third kappa shape index (κ3) is 5.30. The van der Waals surface area contributed by atoms with Crippen molar-refractivity contribution in [1.29, 1.82) is 0 Å². The molecule has 0 bridgehead atoms. The highest BCUT2D eigenvalue weighted by atomic mass is 35.5. The van der Waals surface area contributed by atoms with Crippen LogP contribution >= 0.6 is 22.9 Å². The van der Waals surface area contributed by atoms with Gasteiger partial charge in [0.2, 0.25) is 5.91 Å². The molecule has 0 spiro atoms. The minimum atomic E-state index is -0.491. The molecule has 2 N–H and O–H groups in total. The van der Waals surface area contributed by atoms with E-state index in [1.54, 1.807) is 29.6 Å². The molecule has 170 valence electrons. The van der Waals surface area contributed by atoms with Crippen molar-refractivity contribution in [3.05, 3.63) is 50.9 Å². The number of likely N-dealkylation sites (tertiary alicyclic amines) is 1. The molecule has 0 radical (unpaired) electrons. The maximum absolute atomic E-state index is 12.8. The molecule has 7 nitrogen and oxygen atoms in total. The summed E-state index contributed by atoms with van der Waals surface area (Å²) in [7, 11) is 0. The zero-order valence-corrected chi connectivity index (χ0v) is 19.4. The summed E-state index contributed by atoms with van der Waals surface area (Å²) in [6, 6.07) is 6.61. The van der Waals surface area contributed by atoms with Crippen LogP contribution in [0.1, 0.15) is 76.7 Å². The second kappa shape index (κ2) is 10.4. The van der Waals surface area contributed by atoms with Crippen LogP contribution in [0.2, 0.25) is 5.02 Å². The van der Waals surface area contributed by atoms with Crippen LogP contribution in [0.15, 0.2) is 29.6 Å². The Morgan fingerprint density at radius 2 is 1.66 bits per heavy atom. The highest BCUT2D eigenvalue weighted by Gasteiger charge is 2.30. The van der Waals surface area contributed by atoms with Crippen molar-refractivity contribution >= 4 is 40.7 Å². The first-order valence-electron chi connectivity index (χ1n) is 11.1. The molecule has 0 atom stereocenters. The zero-order valence-electron chi connectivity index (χ0n) is 17.8. The van der Waals surface area contributed by atoms with Gasteiger partial charge in [-0.25, -0.2) is 4.98 Å². The van der Waals surface area contributed by atoms with Crippen LogP contribution < -0.4 is 10.9 Å². The van der Waals surface area contributed by atoms with Gasteiger partial charge in [-0.1, -0.05) is 43.0 Å². The summed E-state index contributed by atoms with van der Waals surface area (Å²) < 4.78 is 0. The number of piperidine rings is 1. The molecule has 1 aliphatic heterocycles. The van der Waals surface area contributed by atoms with Crippen molar-refractivity contribution in [2.24, 2.45) is 5.92 Å². The number of nitrogens with one attached hydrogen (secondary N) is 2. The Bertz CT molecular complexity index is 981. The normalized spacial score (nSPS) is 17.7. The molecule has 4 rings (SSSR count). The second-order valence-corrected chi connectivity index (χ2v) is 9.69. The summed E-state index contributed by atoms with van der Waals surface area (Å²) >= 11 is 7.45. The van der Waals surface area contributed by atoms with E-state index in [1.807, 2.05) is 4.90 Å². The number of carbonyl (C=O) groups is 3. The molecule has 2 fully saturated rings. The molecule has 2 aliphatic rings. The zero-order chi connectivity index (χ0) is 22.5. The molecule has 2 aromatic rings. The highest BCUT2D eigenvalue weighted by molar-refractivity contribution is 7.09. The molecule has 2 heterocycles. The van der Waals surface area contributed by atoms with Crippen molar-refractivity contribution in [3.63, 3.8) is 0 Å². The molecule has 1 aliphatic carbocycles. The lowest BCUT2D eigenvalue weighted by atomic mass is 9.87. The lowest BCUT2D eigenvalue weighted by Gasteiger charge is -2.34. The Morgan fingerprint density at radius 1 is 0.969 bits per heavy atom. The average Bonchev–Trinajstić information content (AvgIpc) is 3.33. The largest absolute Gasteiger partial charge is 0.342 e. The molecule has 1 saturated carbocycles. The van der Waals surface area contributed by atoms with Gasteiger partial charge in [-0.3, -0.25) is 25.2 Å². The number of amides is 3. The van der Waals surface area contributed by atoms with Gasteiger partial charge in [-0.05, 0) is 37.8 Å². The van der Waals surface area contributed by atoms with E-state index >= 15 is 0 Å². The third-order valence-electron chi connectivity index (χ3n) is 6.27. The summed E-state index contributed by atoms with van der Waals surface area (Å²) in [6.45, 7) is 1.49. The number of rotatable bonds is 4. The number of thiazole rings is 1. The first kappa shape index (κ1) is 22.7. The van der Waals surface area contributed by atoms with E-state index in [2.05, 4.69) is 15.8 Å². The fourth-order valence-electron chi connectivity index (χ4n) is 4.42. The van der Waals surface area contributed by atoms with Crippen LogP contribution in [-0.4, -0.2) is 40.7 Å². The van der Waals surface area contributed by atoms with Crippen molar-refractivity contribution in [3.8, 4) is 0 Å². The average molecular weight is 475 g/mol. The number of aromatic nitrogens is 1. The fraction of sp³-hybridized carbons (Fsp3) is 0.478. The van der Waals surface area contributed by atoms with Gasteiger partial charge < -0.3 is 4.90 Å². The van der Waals surface area contributed by atoms with E-state index in [4.69, 9.17) is 11.6 Å². The molecule has 1 aromatic heterocycles. The number of hydrogen-bond donors (Lipinski definition) is 2. The SMILES string of the molecule is O=C(NNC(=O)c1ccccc1Cl)c1csc(C2CCN(C(=O)C3CCCCC3)CC2)n1. The van der Waals surface area contributed by atoms with Crippen molar-refractivity contribution in [1.82, 2.24) is 20.7 Å². The van der Waals surface area contributed by atoms with Gasteiger partial charge in [0.05, 0.1) is 15.6 Å². The second-order valence-electron chi connectivity index (χ2n) is 8.39. The highest BCUT2D eigenvalue weighted by Crippen LogP contribution is 2.32. The van der Waals surface area contributed by atoms with Crippen molar-refractivity contribution < 1.29 is 14.4 Å². The smallest absolute Gasteiger partial charge is 0.289 e. The minimum Gasteiger partial charge on any atom is -0.342 e. The van der Waals surface area contributed by atoms with Crippen molar-refractivity contribution in [2.45, 2.75) is 50.9 Å². The van der Waals surface area contributed by atoms with E-state index < -0.39 is 11.8 Å². The van der Waals surface area contributed by atoms with Crippen molar-refractivity contribution in [2.75, 3.05) is 13.1 Å². The first-order valence-corrected chi connectivity index (χ1v) is 12.4. The Balaban J connectivity index is 1.27. The van der Waals surface area contributed by atoms with Crippen LogP contribution in [0, 0.1) is 5.92 Å². The van der Waals surface area contributed by atoms with E-state index in [0.717, 1.165) is 56.6 Å². The van der Waals surface area contributed by atoms with Crippen LogP contribution in [0.4, 0.5) is 0 Å². The molecule has 1 saturated heterocycles. The van der Waals surface area contributed by atoms with E-state index in [1.165, 1.54) is 17.8 Å². The van der Waals surface area contributed by atoms with E-state index in [-0.39, 0.29) is 23.1 Å². The van der Waals surface area contributed by atoms with Crippen LogP contribution in [0.25, 0.3) is 0 Å². The van der Waals surface area contributed by atoms with Gasteiger partial charge in [0.15, 0.2) is 0 Å². The summed E-state index contributed by atoms with van der Waals surface area (Å²) in [4.78, 5) is 43.9. The Kier molecular flexibility index (Phi) is 7.42. The number of hydrogen-bond acceptors (Lipinski definition) is 5. The number of nitrogens with zero attached hydrogens (tertiary/aromatic N) is 2. The monoisotopic (exact) mass is 474 g/mol. The van der Waals surface area contributed by atoms with Gasteiger partial charge in [0.1, 0.15) is 5.69 Å². The van der Waals surface area contributed by atoms with Crippen LogP contribution in [0.3, 0.4) is 0 Å². The number of hydrazine groups is 1. The first-order chi connectivity index (χ1) is 15.5. The molecular formula is C23H27ClN4O3S. The maximum atomic E-state index is 12.8. The van der Waals surface area contributed by atoms with Crippen LogP contribution in [-0.2, 0) is 4.79 Å². The molecule has 3 amide bonds. The Hall–Kier alpha value is -2.45. The van der Waals surface area contributed by atoms with Gasteiger partial charge >= 0.3 is 0 Å². The maximum Gasteiger partial charge on any atom is 0.289 e. The predicted molar refractivity (Wildman–Crippen MR) is 124 cm³/mol. The molecule has 32 heavy (non-hydrogen) atoms. The summed E-state index contributed by atoms with van der Waals surface area (Å²) in [5.74, 6) is -0.199. The number of carbonyl (C=O) groups excluding carboxylic acids is 3. The Morgan fingerprint density at radius 3 is 2.38 bits per heavy atom. The minimum absolute atomic E-state index is 0.205. The lowest BCUT2D eigenvalue weighted by Crippen LogP contribution is -2.42. The summed E-state index contributed by atoms with van der Waals surface area (Å²) in [6.07, 6.45) is 7.33. The molecule has 9 heteroatoms. The third-order valence-corrected chi connectivity index (χ3v) is 7.61.